The van der Waals surface area contributed by atoms with E-state index in [0.717, 1.165) is 5.56 Å². The molecule has 0 saturated carbocycles. The summed E-state index contributed by atoms with van der Waals surface area (Å²) in [5.74, 6) is 0.00513. The van der Waals surface area contributed by atoms with Gasteiger partial charge >= 0.3 is 5.97 Å². The first-order valence-corrected chi connectivity index (χ1v) is 6.95. The van der Waals surface area contributed by atoms with Gasteiger partial charge in [-0.1, -0.05) is 12.1 Å². The Morgan fingerprint density at radius 3 is 2.04 bits per heavy atom. The normalized spacial score (nSPS) is 10.9. The van der Waals surface area contributed by atoms with E-state index in [1.54, 1.807) is 55.5 Å². The second kappa shape index (κ2) is 7.63. The molecule has 2 rings (SSSR count). The zero-order chi connectivity index (χ0) is 16.7. The van der Waals surface area contributed by atoms with Crippen LogP contribution in [0.3, 0.4) is 0 Å². The number of esters is 1. The van der Waals surface area contributed by atoms with Crippen molar-refractivity contribution < 1.29 is 14.3 Å². The quantitative estimate of drug-likeness (QED) is 0.793. The van der Waals surface area contributed by atoms with Crippen molar-refractivity contribution in [2.24, 2.45) is 0 Å². The van der Waals surface area contributed by atoms with E-state index in [0.29, 0.717) is 16.9 Å². The van der Waals surface area contributed by atoms with Gasteiger partial charge in [0, 0.05) is 0 Å². The third kappa shape index (κ3) is 4.59. The molecule has 0 spiro atoms. The molecule has 0 amide bonds. The zero-order valence-electron chi connectivity index (χ0n) is 12.5. The van der Waals surface area contributed by atoms with Crippen LogP contribution in [0.5, 0.6) is 5.75 Å². The number of nitriles is 2. The SMILES string of the molecule is C[C@@H](Oc1ccc(C#N)cc1)C(=O)OCc1ccc(C#N)cc1. The lowest BCUT2D eigenvalue weighted by Crippen LogP contribution is -2.26. The maximum absolute atomic E-state index is 11.9. The van der Waals surface area contributed by atoms with E-state index < -0.39 is 12.1 Å². The summed E-state index contributed by atoms with van der Waals surface area (Å²) >= 11 is 0. The van der Waals surface area contributed by atoms with Crippen LogP contribution in [0, 0.1) is 22.7 Å². The minimum atomic E-state index is -0.763. The Bertz CT molecular complexity index is 753. The first kappa shape index (κ1) is 16.1. The highest BCUT2D eigenvalue weighted by atomic mass is 16.6. The molecule has 0 heterocycles. The molecule has 5 nitrogen and oxygen atoms in total. The molecule has 0 unspecified atom stereocenters. The second-order valence-corrected chi connectivity index (χ2v) is 4.81. The smallest absolute Gasteiger partial charge is 0.347 e. The number of carbonyl (C=O) groups is 1. The number of carbonyl (C=O) groups excluding carboxylic acids is 1. The molecule has 114 valence electrons. The average Bonchev–Trinajstić information content (AvgIpc) is 2.60. The number of hydrogen-bond donors (Lipinski definition) is 0. The Hall–Kier alpha value is -3.31. The van der Waals surface area contributed by atoms with Crippen molar-refractivity contribution in [2.75, 3.05) is 0 Å². The molecule has 2 aromatic carbocycles. The highest BCUT2D eigenvalue weighted by Gasteiger charge is 2.16. The fraction of sp³-hybridized carbons (Fsp3) is 0.167. The van der Waals surface area contributed by atoms with Gasteiger partial charge in [0.25, 0.3) is 0 Å². The molecule has 0 aliphatic carbocycles. The molecular weight excluding hydrogens is 292 g/mol. The predicted molar refractivity (Wildman–Crippen MR) is 82.2 cm³/mol. The van der Waals surface area contributed by atoms with Gasteiger partial charge in [0.1, 0.15) is 12.4 Å². The lowest BCUT2D eigenvalue weighted by atomic mass is 10.2. The molecule has 2 aromatic rings. The highest BCUT2D eigenvalue weighted by Crippen LogP contribution is 2.14. The molecule has 0 saturated heterocycles. The van der Waals surface area contributed by atoms with Gasteiger partial charge in [0.15, 0.2) is 6.10 Å². The molecule has 0 aromatic heterocycles. The van der Waals surface area contributed by atoms with Crippen molar-refractivity contribution in [3.05, 3.63) is 65.2 Å². The number of nitrogens with zero attached hydrogens (tertiary/aromatic N) is 2. The lowest BCUT2D eigenvalue weighted by Gasteiger charge is -2.14. The van der Waals surface area contributed by atoms with E-state index in [9.17, 15) is 4.79 Å². The summed E-state index contributed by atoms with van der Waals surface area (Å²) in [7, 11) is 0. The maximum atomic E-state index is 11.9. The van der Waals surface area contributed by atoms with Gasteiger partial charge < -0.3 is 9.47 Å². The van der Waals surface area contributed by atoms with Crippen molar-refractivity contribution >= 4 is 5.97 Å². The van der Waals surface area contributed by atoms with Gasteiger partial charge in [-0.3, -0.25) is 0 Å². The fourth-order valence-electron chi connectivity index (χ4n) is 1.81. The summed E-state index contributed by atoms with van der Waals surface area (Å²) in [5.41, 5.74) is 1.87. The number of rotatable bonds is 5. The van der Waals surface area contributed by atoms with Crippen LogP contribution in [-0.4, -0.2) is 12.1 Å². The van der Waals surface area contributed by atoms with Crippen molar-refractivity contribution in [3.8, 4) is 17.9 Å². The second-order valence-electron chi connectivity index (χ2n) is 4.81. The van der Waals surface area contributed by atoms with Crippen LogP contribution in [-0.2, 0) is 16.1 Å². The van der Waals surface area contributed by atoms with Gasteiger partial charge in [0.2, 0.25) is 0 Å². The molecule has 0 fully saturated rings. The van der Waals surface area contributed by atoms with Gasteiger partial charge in [-0.25, -0.2) is 4.79 Å². The molecule has 5 heteroatoms. The van der Waals surface area contributed by atoms with Gasteiger partial charge in [0.05, 0.1) is 23.3 Å². The lowest BCUT2D eigenvalue weighted by molar-refractivity contribution is -0.152. The van der Waals surface area contributed by atoms with E-state index in [-0.39, 0.29) is 6.61 Å². The van der Waals surface area contributed by atoms with Crippen molar-refractivity contribution in [2.45, 2.75) is 19.6 Å². The third-order valence-corrected chi connectivity index (χ3v) is 3.09. The molecular formula is C18H14N2O3. The summed E-state index contributed by atoms with van der Waals surface area (Å²) in [6.45, 7) is 1.71. The van der Waals surface area contributed by atoms with Crippen LogP contribution in [0.15, 0.2) is 48.5 Å². The maximum Gasteiger partial charge on any atom is 0.347 e. The molecule has 0 bridgehead atoms. The highest BCUT2D eigenvalue weighted by molar-refractivity contribution is 5.74. The topological polar surface area (TPSA) is 83.1 Å². The monoisotopic (exact) mass is 306 g/mol. The Labute approximate surface area is 134 Å². The number of hydrogen-bond acceptors (Lipinski definition) is 5. The number of ether oxygens (including phenoxy) is 2. The van der Waals surface area contributed by atoms with E-state index in [2.05, 4.69) is 0 Å². The van der Waals surface area contributed by atoms with Crippen LogP contribution in [0.2, 0.25) is 0 Å². The summed E-state index contributed by atoms with van der Waals surface area (Å²) in [4.78, 5) is 11.9. The molecule has 0 aliphatic heterocycles. The minimum absolute atomic E-state index is 0.117. The molecule has 1 atom stereocenters. The van der Waals surface area contributed by atoms with E-state index in [4.69, 9.17) is 20.0 Å². The summed E-state index contributed by atoms with van der Waals surface area (Å²) in [6, 6.07) is 17.3. The predicted octanol–water partition coefficient (Wildman–Crippen LogP) is 2.94. The summed E-state index contributed by atoms with van der Waals surface area (Å²) < 4.78 is 10.7. The van der Waals surface area contributed by atoms with Crippen LogP contribution in [0.1, 0.15) is 23.6 Å². The summed E-state index contributed by atoms with van der Waals surface area (Å²) in [6.07, 6.45) is -0.763. The largest absolute Gasteiger partial charge is 0.479 e. The molecule has 0 aliphatic rings. The van der Waals surface area contributed by atoms with Crippen molar-refractivity contribution in [3.63, 3.8) is 0 Å². The van der Waals surface area contributed by atoms with Crippen LogP contribution in [0.25, 0.3) is 0 Å². The number of benzene rings is 2. The fourth-order valence-corrected chi connectivity index (χ4v) is 1.81. The summed E-state index contributed by atoms with van der Waals surface area (Å²) in [5, 5.41) is 17.4. The Kier molecular flexibility index (Phi) is 5.33. The zero-order valence-corrected chi connectivity index (χ0v) is 12.5. The minimum Gasteiger partial charge on any atom is -0.479 e. The van der Waals surface area contributed by atoms with Crippen LogP contribution in [0.4, 0.5) is 0 Å². The van der Waals surface area contributed by atoms with Crippen LogP contribution < -0.4 is 4.74 Å². The molecule has 0 N–H and O–H groups in total. The van der Waals surface area contributed by atoms with Crippen LogP contribution >= 0.6 is 0 Å². The first-order chi connectivity index (χ1) is 11.1. The molecule has 23 heavy (non-hydrogen) atoms. The van der Waals surface area contributed by atoms with Gasteiger partial charge in [-0.05, 0) is 48.9 Å². The van der Waals surface area contributed by atoms with E-state index in [1.807, 2.05) is 12.1 Å². The molecule has 0 radical (unpaired) electrons. The Balaban J connectivity index is 1.86. The Morgan fingerprint density at radius 2 is 1.52 bits per heavy atom. The van der Waals surface area contributed by atoms with Crippen molar-refractivity contribution in [1.82, 2.24) is 0 Å². The standard InChI is InChI=1S/C18H14N2O3/c1-13(23-17-8-6-15(11-20)7-9-17)18(21)22-12-16-4-2-14(10-19)3-5-16/h2-9,13H,12H2,1H3/t13-/m1/s1. The average molecular weight is 306 g/mol. The first-order valence-electron chi connectivity index (χ1n) is 6.95. The van der Waals surface area contributed by atoms with E-state index >= 15 is 0 Å². The van der Waals surface area contributed by atoms with E-state index in [1.165, 1.54) is 0 Å². The van der Waals surface area contributed by atoms with Gasteiger partial charge in [-0.2, -0.15) is 10.5 Å². The van der Waals surface area contributed by atoms with Gasteiger partial charge in [-0.15, -0.1) is 0 Å². The van der Waals surface area contributed by atoms with Crippen molar-refractivity contribution in [1.29, 1.82) is 10.5 Å². The third-order valence-electron chi connectivity index (χ3n) is 3.09. The Morgan fingerprint density at radius 1 is 1.00 bits per heavy atom.